The third-order valence-corrected chi connectivity index (χ3v) is 3.09. The zero-order chi connectivity index (χ0) is 11.5. The van der Waals surface area contributed by atoms with Crippen LogP contribution in [0.5, 0.6) is 0 Å². The number of carbonyl (C=O) groups is 1. The Bertz CT molecular complexity index is 291. The van der Waals surface area contributed by atoms with Gasteiger partial charge in [0.25, 0.3) is 0 Å². The number of hydrogen-bond donors (Lipinski definition) is 0. The topological polar surface area (TPSA) is 44.8 Å². The van der Waals surface area contributed by atoms with E-state index < -0.39 is 6.29 Å². The molecule has 0 aromatic heterocycles. The Labute approximate surface area is 95.6 Å². The highest BCUT2D eigenvalue weighted by Crippen LogP contribution is 2.37. The maximum atomic E-state index is 11.9. The Morgan fingerprint density at radius 2 is 2.12 bits per heavy atom. The molecule has 4 nitrogen and oxygen atoms in total. The van der Waals surface area contributed by atoms with Crippen LogP contribution >= 0.6 is 0 Å². The Kier molecular flexibility index (Phi) is 3.74. The van der Waals surface area contributed by atoms with Crippen molar-refractivity contribution in [3.8, 4) is 0 Å². The van der Waals surface area contributed by atoms with E-state index >= 15 is 0 Å². The Balaban J connectivity index is 2.09. The van der Waals surface area contributed by atoms with Gasteiger partial charge in [-0.1, -0.05) is 0 Å². The molecule has 1 aliphatic carbocycles. The van der Waals surface area contributed by atoms with Gasteiger partial charge in [0.1, 0.15) is 0 Å². The summed E-state index contributed by atoms with van der Waals surface area (Å²) in [5, 5.41) is 0. The molecule has 2 atom stereocenters. The van der Waals surface area contributed by atoms with Crippen molar-refractivity contribution in [1.29, 1.82) is 0 Å². The summed E-state index contributed by atoms with van der Waals surface area (Å²) in [4.78, 5) is 11.9. The molecule has 0 aromatic rings. The second-order valence-corrected chi connectivity index (χ2v) is 4.05. The normalized spacial score (nSPS) is 28.7. The maximum Gasteiger partial charge on any atom is 0.168 e. The molecule has 4 heteroatoms. The molecule has 1 fully saturated rings. The number of carbonyl (C=O) groups excluding carboxylic acids is 1. The minimum atomic E-state index is -0.428. The third kappa shape index (κ3) is 2.05. The first-order valence-electron chi connectivity index (χ1n) is 5.83. The highest BCUT2D eigenvalue weighted by Gasteiger charge is 2.44. The van der Waals surface area contributed by atoms with Crippen LogP contribution < -0.4 is 0 Å². The molecule has 0 amide bonds. The molecule has 2 rings (SSSR count). The Morgan fingerprint density at radius 1 is 1.44 bits per heavy atom. The minimum Gasteiger partial charge on any atom is -0.376 e. The van der Waals surface area contributed by atoms with Crippen molar-refractivity contribution in [2.75, 3.05) is 26.4 Å². The van der Waals surface area contributed by atoms with Crippen LogP contribution in [0.4, 0.5) is 0 Å². The lowest BCUT2D eigenvalue weighted by molar-refractivity contribution is -0.177. The highest BCUT2D eigenvalue weighted by atomic mass is 16.7. The molecule has 1 aliphatic heterocycles. The average Bonchev–Trinajstić information content (AvgIpc) is 2.77. The first kappa shape index (κ1) is 11.8. The van der Waals surface area contributed by atoms with Crippen molar-refractivity contribution in [2.24, 2.45) is 11.8 Å². The smallest absolute Gasteiger partial charge is 0.168 e. The fourth-order valence-corrected chi connectivity index (χ4v) is 2.39. The summed E-state index contributed by atoms with van der Waals surface area (Å²) < 4.78 is 16.4. The molecular formula is C12H18O4. The van der Waals surface area contributed by atoms with Gasteiger partial charge in [0.05, 0.1) is 19.1 Å². The third-order valence-electron chi connectivity index (χ3n) is 3.09. The van der Waals surface area contributed by atoms with Gasteiger partial charge in [-0.2, -0.15) is 0 Å². The summed E-state index contributed by atoms with van der Waals surface area (Å²) in [6, 6.07) is 0. The Morgan fingerprint density at radius 3 is 2.75 bits per heavy atom. The van der Waals surface area contributed by atoms with Gasteiger partial charge in [-0.3, -0.25) is 4.79 Å². The predicted octanol–water partition coefficient (Wildman–Crippen LogP) is 1.16. The van der Waals surface area contributed by atoms with E-state index in [2.05, 4.69) is 0 Å². The first-order chi connectivity index (χ1) is 7.77. The molecule has 0 aromatic carbocycles. The van der Waals surface area contributed by atoms with Gasteiger partial charge in [0.15, 0.2) is 12.1 Å². The van der Waals surface area contributed by atoms with E-state index in [1.807, 2.05) is 13.8 Å². The lowest BCUT2D eigenvalue weighted by Crippen LogP contribution is -2.35. The van der Waals surface area contributed by atoms with Crippen LogP contribution in [0.2, 0.25) is 0 Å². The quantitative estimate of drug-likeness (QED) is 0.660. The van der Waals surface area contributed by atoms with E-state index in [1.165, 1.54) is 0 Å². The molecule has 0 N–H and O–H groups in total. The second-order valence-electron chi connectivity index (χ2n) is 4.05. The number of fused-ring (bicyclic) bond motifs is 1. The van der Waals surface area contributed by atoms with Gasteiger partial charge >= 0.3 is 0 Å². The van der Waals surface area contributed by atoms with E-state index in [1.54, 1.807) is 6.08 Å². The SMILES string of the molecule is CCOC(OCC)C1C(=O)C=C2COCC21. The van der Waals surface area contributed by atoms with Crippen molar-refractivity contribution in [3.05, 3.63) is 11.6 Å². The Hall–Kier alpha value is -0.710. The average molecular weight is 226 g/mol. The molecule has 0 bridgehead atoms. The van der Waals surface area contributed by atoms with E-state index in [0.29, 0.717) is 26.4 Å². The van der Waals surface area contributed by atoms with Crippen LogP contribution in [0, 0.1) is 11.8 Å². The summed E-state index contributed by atoms with van der Waals surface area (Å²) in [5.74, 6) is 0.0724. The van der Waals surface area contributed by atoms with Crippen LogP contribution in [0.3, 0.4) is 0 Å². The zero-order valence-corrected chi connectivity index (χ0v) is 9.77. The number of ketones is 1. The predicted molar refractivity (Wildman–Crippen MR) is 57.9 cm³/mol. The van der Waals surface area contributed by atoms with Gasteiger partial charge in [0, 0.05) is 19.1 Å². The monoisotopic (exact) mass is 226 g/mol. The highest BCUT2D eigenvalue weighted by molar-refractivity contribution is 5.96. The molecule has 0 spiro atoms. The maximum absolute atomic E-state index is 11.9. The number of allylic oxidation sites excluding steroid dienone is 1. The van der Waals surface area contributed by atoms with Crippen molar-refractivity contribution >= 4 is 5.78 Å². The van der Waals surface area contributed by atoms with Crippen molar-refractivity contribution < 1.29 is 19.0 Å². The van der Waals surface area contributed by atoms with Crippen molar-refractivity contribution in [1.82, 2.24) is 0 Å². The molecule has 0 saturated carbocycles. The molecule has 16 heavy (non-hydrogen) atoms. The largest absolute Gasteiger partial charge is 0.376 e. The van der Waals surface area contributed by atoms with E-state index in [9.17, 15) is 4.79 Å². The van der Waals surface area contributed by atoms with Gasteiger partial charge < -0.3 is 14.2 Å². The van der Waals surface area contributed by atoms with E-state index in [0.717, 1.165) is 5.57 Å². The molecular weight excluding hydrogens is 208 g/mol. The fraction of sp³-hybridized carbons (Fsp3) is 0.750. The molecule has 1 heterocycles. The number of rotatable bonds is 5. The molecule has 1 saturated heterocycles. The molecule has 2 unspecified atom stereocenters. The van der Waals surface area contributed by atoms with E-state index in [4.69, 9.17) is 14.2 Å². The van der Waals surface area contributed by atoms with Crippen LogP contribution in [-0.2, 0) is 19.0 Å². The molecule has 2 aliphatic rings. The lowest BCUT2D eigenvalue weighted by Gasteiger charge is -2.25. The standard InChI is InChI=1S/C12H18O4/c1-3-15-12(16-4-2)11-9-7-14-6-8(9)5-10(11)13/h5,9,11-12H,3-4,6-7H2,1-2H3. The minimum absolute atomic E-state index is 0.121. The second kappa shape index (κ2) is 5.08. The van der Waals surface area contributed by atoms with Crippen molar-refractivity contribution in [3.63, 3.8) is 0 Å². The van der Waals surface area contributed by atoms with Gasteiger partial charge in [-0.05, 0) is 25.5 Å². The molecule has 90 valence electrons. The first-order valence-corrected chi connectivity index (χ1v) is 5.83. The van der Waals surface area contributed by atoms with Crippen molar-refractivity contribution in [2.45, 2.75) is 20.1 Å². The zero-order valence-electron chi connectivity index (χ0n) is 9.77. The van der Waals surface area contributed by atoms with Crippen LogP contribution in [0.15, 0.2) is 11.6 Å². The van der Waals surface area contributed by atoms with Crippen LogP contribution in [0.25, 0.3) is 0 Å². The summed E-state index contributed by atoms with van der Waals surface area (Å²) in [6.07, 6.45) is 1.27. The fourth-order valence-electron chi connectivity index (χ4n) is 2.39. The molecule has 0 radical (unpaired) electrons. The van der Waals surface area contributed by atoms with Gasteiger partial charge in [0.2, 0.25) is 0 Å². The summed E-state index contributed by atoms with van der Waals surface area (Å²) in [7, 11) is 0. The summed E-state index contributed by atoms with van der Waals surface area (Å²) >= 11 is 0. The van der Waals surface area contributed by atoms with Crippen LogP contribution in [-0.4, -0.2) is 38.5 Å². The number of hydrogen-bond acceptors (Lipinski definition) is 4. The van der Waals surface area contributed by atoms with E-state index in [-0.39, 0.29) is 17.6 Å². The van der Waals surface area contributed by atoms with Gasteiger partial charge in [-0.15, -0.1) is 0 Å². The summed E-state index contributed by atoms with van der Waals surface area (Å²) in [6.45, 7) is 6.11. The summed E-state index contributed by atoms with van der Waals surface area (Å²) in [5.41, 5.74) is 1.10. The number of ether oxygens (including phenoxy) is 3. The van der Waals surface area contributed by atoms with Crippen LogP contribution in [0.1, 0.15) is 13.8 Å². The lowest BCUT2D eigenvalue weighted by atomic mass is 9.92. The van der Waals surface area contributed by atoms with Gasteiger partial charge in [-0.25, -0.2) is 0 Å².